The summed E-state index contributed by atoms with van der Waals surface area (Å²) in [6.45, 7) is 4.43. The van der Waals surface area contributed by atoms with Gasteiger partial charge in [-0.15, -0.1) is 24.0 Å². The van der Waals surface area contributed by atoms with E-state index in [9.17, 15) is 8.78 Å². The molecule has 2 rings (SSSR count). The number of aromatic nitrogens is 1. The number of alkyl halides is 2. The molecule has 0 unspecified atom stereocenters. The quantitative estimate of drug-likeness (QED) is 0.294. The van der Waals surface area contributed by atoms with Crippen molar-refractivity contribution in [3.05, 3.63) is 53.3 Å². The summed E-state index contributed by atoms with van der Waals surface area (Å²) in [5.41, 5.74) is 2.49. The number of guanidine groups is 1. The maximum atomic E-state index is 12.8. The van der Waals surface area contributed by atoms with Gasteiger partial charge in [-0.25, -0.2) is 4.99 Å². The zero-order valence-electron chi connectivity index (χ0n) is 16.7. The highest BCUT2D eigenvalue weighted by Crippen LogP contribution is 2.33. The third-order valence-corrected chi connectivity index (χ3v) is 3.86. The second kappa shape index (κ2) is 13.1. The van der Waals surface area contributed by atoms with Crippen molar-refractivity contribution in [3.63, 3.8) is 0 Å². The molecule has 0 fully saturated rings. The number of nitrogens with one attached hydrogen (secondary N) is 2. The molecule has 1 aromatic carbocycles. The molecule has 0 aliphatic heterocycles. The number of aryl methyl sites for hydroxylation is 1. The van der Waals surface area contributed by atoms with Gasteiger partial charge in [0, 0.05) is 18.3 Å². The molecule has 0 saturated carbocycles. The summed E-state index contributed by atoms with van der Waals surface area (Å²) in [7, 11) is 0. The zero-order chi connectivity index (χ0) is 20.4. The van der Waals surface area contributed by atoms with Crippen molar-refractivity contribution in [1.82, 2.24) is 15.6 Å². The summed E-state index contributed by atoms with van der Waals surface area (Å²) < 4.78 is 35.8. The van der Waals surface area contributed by atoms with Crippen LogP contribution in [0.5, 0.6) is 11.5 Å². The number of rotatable bonds is 9. The van der Waals surface area contributed by atoms with E-state index in [2.05, 4.69) is 25.3 Å². The number of aliphatic imine (C=N–C) groups is 1. The number of pyridine rings is 1. The van der Waals surface area contributed by atoms with Gasteiger partial charge >= 0.3 is 6.61 Å². The average Bonchev–Trinajstić information content (AvgIpc) is 2.67. The Bertz CT molecular complexity index is 791. The van der Waals surface area contributed by atoms with E-state index in [1.807, 2.05) is 26.0 Å². The Morgan fingerprint density at radius 3 is 2.62 bits per heavy atom. The van der Waals surface area contributed by atoms with E-state index in [0.29, 0.717) is 31.2 Å². The Morgan fingerprint density at radius 1 is 1.17 bits per heavy atom. The summed E-state index contributed by atoms with van der Waals surface area (Å²) in [4.78, 5) is 8.83. The zero-order valence-corrected chi connectivity index (χ0v) is 19.1. The third-order valence-electron chi connectivity index (χ3n) is 3.86. The first-order valence-corrected chi connectivity index (χ1v) is 9.17. The summed E-state index contributed by atoms with van der Waals surface area (Å²) in [6, 6.07) is 8.89. The number of para-hydroxylation sites is 1. The van der Waals surface area contributed by atoms with Crippen molar-refractivity contribution < 1.29 is 18.3 Å². The number of benzene rings is 1. The highest BCUT2D eigenvalue weighted by Gasteiger charge is 2.15. The highest BCUT2D eigenvalue weighted by molar-refractivity contribution is 14.0. The van der Waals surface area contributed by atoms with Gasteiger partial charge in [0.15, 0.2) is 17.5 Å². The lowest BCUT2D eigenvalue weighted by Crippen LogP contribution is -2.37. The number of hydrogen-bond donors (Lipinski definition) is 2. The Balaban J connectivity index is 0.00000420. The van der Waals surface area contributed by atoms with E-state index in [1.54, 1.807) is 31.3 Å². The van der Waals surface area contributed by atoms with Crippen LogP contribution in [-0.2, 0) is 13.1 Å². The molecule has 29 heavy (non-hydrogen) atoms. The van der Waals surface area contributed by atoms with Crippen LogP contribution < -0.4 is 20.1 Å². The number of nitrogens with zero attached hydrogens (tertiary/aromatic N) is 2. The minimum atomic E-state index is -2.94. The first-order valence-electron chi connectivity index (χ1n) is 9.17. The van der Waals surface area contributed by atoms with Crippen LogP contribution in [0.1, 0.15) is 30.7 Å². The van der Waals surface area contributed by atoms with E-state index in [-0.39, 0.29) is 42.0 Å². The first kappa shape index (κ1) is 24.9. The predicted molar refractivity (Wildman–Crippen MR) is 120 cm³/mol. The average molecular weight is 520 g/mol. The smallest absolute Gasteiger partial charge is 0.387 e. The summed E-state index contributed by atoms with van der Waals surface area (Å²) in [5, 5.41) is 6.34. The standard InChI is InChI=1S/C20H26F2N4O2.HI/c1-4-23-20(26-13-16-14(3)8-7-11-24-16)25-12-15-9-6-10-17(27-5-2)18(15)28-19(21)22;/h6-11,19H,4-5,12-13H2,1-3H3,(H2,23,25,26);1H. The van der Waals surface area contributed by atoms with Gasteiger partial charge in [-0.3, -0.25) is 4.98 Å². The van der Waals surface area contributed by atoms with Crippen LogP contribution in [0, 0.1) is 6.92 Å². The van der Waals surface area contributed by atoms with E-state index >= 15 is 0 Å². The maximum absolute atomic E-state index is 12.8. The minimum absolute atomic E-state index is 0. The third kappa shape index (κ3) is 8.00. The molecule has 0 radical (unpaired) electrons. The van der Waals surface area contributed by atoms with Gasteiger partial charge in [-0.05, 0) is 38.5 Å². The molecule has 9 heteroatoms. The summed E-state index contributed by atoms with van der Waals surface area (Å²) in [5.74, 6) is 0.842. The molecule has 0 atom stereocenters. The van der Waals surface area contributed by atoms with Crippen LogP contribution >= 0.6 is 24.0 Å². The van der Waals surface area contributed by atoms with E-state index in [4.69, 9.17) is 4.74 Å². The number of hydrogen-bond acceptors (Lipinski definition) is 4. The fourth-order valence-electron chi connectivity index (χ4n) is 2.55. The fourth-order valence-corrected chi connectivity index (χ4v) is 2.55. The SMILES string of the molecule is CCNC(=NCc1cccc(OCC)c1OC(F)F)NCc1ncccc1C.I. The molecular weight excluding hydrogens is 493 g/mol. The lowest BCUT2D eigenvalue weighted by molar-refractivity contribution is -0.0520. The highest BCUT2D eigenvalue weighted by atomic mass is 127. The van der Waals surface area contributed by atoms with Crippen LogP contribution in [0.25, 0.3) is 0 Å². The predicted octanol–water partition coefficient (Wildman–Crippen LogP) is 4.26. The Hall–Kier alpha value is -2.17. The topological polar surface area (TPSA) is 67.8 Å². The Morgan fingerprint density at radius 2 is 1.97 bits per heavy atom. The minimum Gasteiger partial charge on any atom is -0.490 e. The van der Waals surface area contributed by atoms with Gasteiger partial charge < -0.3 is 20.1 Å². The van der Waals surface area contributed by atoms with Crippen LogP contribution in [0.15, 0.2) is 41.5 Å². The fraction of sp³-hybridized carbons (Fsp3) is 0.400. The van der Waals surface area contributed by atoms with Crippen molar-refractivity contribution in [2.24, 2.45) is 4.99 Å². The molecule has 1 heterocycles. The number of ether oxygens (including phenoxy) is 2. The molecule has 0 aliphatic carbocycles. The van der Waals surface area contributed by atoms with Crippen molar-refractivity contribution in [2.45, 2.75) is 40.5 Å². The molecule has 1 aromatic heterocycles. The molecule has 6 nitrogen and oxygen atoms in total. The molecule has 2 aromatic rings. The van der Waals surface area contributed by atoms with Crippen LogP contribution in [0.4, 0.5) is 8.78 Å². The van der Waals surface area contributed by atoms with Crippen molar-refractivity contribution in [3.8, 4) is 11.5 Å². The molecule has 2 N–H and O–H groups in total. The lowest BCUT2D eigenvalue weighted by Gasteiger charge is -2.15. The molecule has 0 saturated heterocycles. The largest absolute Gasteiger partial charge is 0.490 e. The van der Waals surface area contributed by atoms with Crippen molar-refractivity contribution >= 4 is 29.9 Å². The van der Waals surface area contributed by atoms with E-state index in [0.717, 1.165) is 11.3 Å². The van der Waals surface area contributed by atoms with Crippen LogP contribution in [0.3, 0.4) is 0 Å². The molecule has 0 spiro atoms. The second-order valence-corrected chi connectivity index (χ2v) is 5.87. The molecular formula is C20H27F2IN4O2. The van der Waals surface area contributed by atoms with Gasteiger partial charge in [-0.2, -0.15) is 8.78 Å². The van der Waals surface area contributed by atoms with Gasteiger partial charge in [0.1, 0.15) is 0 Å². The monoisotopic (exact) mass is 520 g/mol. The normalized spacial score (nSPS) is 11.0. The molecule has 160 valence electrons. The van der Waals surface area contributed by atoms with Gasteiger partial charge in [0.05, 0.1) is 25.4 Å². The van der Waals surface area contributed by atoms with E-state index in [1.165, 1.54) is 0 Å². The van der Waals surface area contributed by atoms with Crippen molar-refractivity contribution in [1.29, 1.82) is 0 Å². The number of halogens is 3. The summed E-state index contributed by atoms with van der Waals surface area (Å²) >= 11 is 0. The summed E-state index contributed by atoms with van der Waals surface area (Å²) in [6.07, 6.45) is 1.74. The Kier molecular flexibility index (Phi) is 11.3. The molecule has 0 amide bonds. The Labute approximate surface area is 187 Å². The molecule has 0 bridgehead atoms. The molecule has 0 aliphatic rings. The van der Waals surface area contributed by atoms with Gasteiger partial charge in [-0.1, -0.05) is 18.2 Å². The first-order chi connectivity index (χ1) is 13.5. The van der Waals surface area contributed by atoms with Gasteiger partial charge in [0.25, 0.3) is 0 Å². The van der Waals surface area contributed by atoms with Gasteiger partial charge in [0.2, 0.25) is 0 Å². The maximum Gasteiger partial charge on any atom is 0.387 e. The van der Waals surface area contributed by atoms with Crippen molar-refractivity contribution in [2.75, 3.05) is 13.2 Å². The van der Waals surface area contributed by atoms with Crippen LogP contribution in [0.2, 0.25) is 0 Å². The lowest BCUT2D eigenvalue weighted by atomic mass is 10.2. The van der Waals surface area contributed by atoms with E-state index < -0.39 is 6.61 Å². The van der Waals surface area contributed by atoms with Crippen LogP contribution in [-0.4, -0.2) is 30.7 Å². The second-order valence-electron chi connectivity index (χ2n) is 5.87.